The van der Waals surface area contributed by atoms with Gasteiger partial charge in [0.25, 0.3) is 0 Å². The zero-order valence-corrected chi connectivity index (χ0v) is 15.6. The number of hydrogen-bond donors (Lipinski definition) is 2. The predicted octanol–water partition coefficient (Wildman–Crippen LogP) is 4.08. The highest BCUT2D eigenvalue weighted by Gasteiger charge is 2.09. The van der Waals surface area contributed by atoms with Gasteiger partial charge in [-0.2, -0.15) is 0 Å². The Hall–Kier alpha value is -2.51. The van der Waals surface area contributed by atoms with E-state index in [9.17, 15) is 4.79 Å². The van der Waals surface area contributed by atoms with Crippen molar-refractivity contribution in [3.63, 3.8) is 0 Å². The maximum atomic E-state index is 12.0. The molecule has 1 amide bonds. The number of para-hydroxylation sites is 1. The summed E-state index contributed by atoms with van der Waals surface area (Å²) in [5, 5.41) is 10.8. The van der Waals surface area contributed by atoms with Gasteiger partial charge in [-0.3, -0.25) is 9.89 Å². The van der Waals surface area contributed by atoms with E-state index in [1.165, 1.54) is 11.8 Å². The molecule has 134 valence electrons. The van der Waals surface area contributed by atoms with Crippen LogP contribution in [0.4, 0.5) is 5.69 Å². The first-order valence-corrected chi connectivity index (χ1v) is 9.24. The van der Waals surface area contributed by atoms with Gasteiger partial charge in [-0.05, 0) is 42.8 Å². The van der Waals surface area contributed by atoms with Gasteiger partial charge in [0, 0.05) is 10.7 Å². The van der Waals surface area contributed by atoms with E-state index in [4.69, 9.17) is 16.3 Å². The molecule has 0 unspecified atom stereocenters. The van der Waals surface area contributed by atoms with Crippen molar-refractivity contribution in [1.29, 1.82) is 0 Å². The van der Waals surface area contributed by atoms with Crippen LogP contribution in [-0.2, 0) is 11.4 Å². The number of ether oxygens (including phenoxy) is 1. The number of nitrogens with zero attached hydrogens (tertiary/aromatic N) is 2. The van der Waals surface area contributed by atoms with Crippen LogP contribution in [-0.4, -0.2) is 26.8 Å². The van der Waals surface area contributed by atoms with Crippen LogP contribution in [0.5, 0.6) is 5.75 Å². The van der Waals surface area contributed by atoms with E-state index in [1.54, 1.807) is 24.3 Å². The second kappa shape index (κ2) is 8.73. The highest BCUT2D eigenvalue weighted by Crippen LogP contribution is 2.18. The number of aromatic nitrogens is 3. The molecule has 1 heterocycles. The highest BCUT2D eigenvalue weighted by molar-refractivity contribution is 7.99. The number of amides is 1. The van der Waals surface area contributed by atoms with E-state index in [-0.39, 0.29) is 18.3 Å². The lowest BCUT2D eigenvalue weighted by Gasteiger charge is -2.06. The summed E-state index contributed by atoms with van der Waals surface area (Å²) in [6.45, 7) is 2.27. The molecular weight excluding hydrogens is 372 g/mol. The molecular formula is C18H17ClN4O2S. The van der Waals surface area contributed by atoms with Crippen LogP contribution in [0.15, 0.2) is 53.7 Å². The summed E-state index contributed by atoms with van der Waals surface area (Å²) in [7, 11) is 0. The minimum atomic E-state index is -0.139. The maximum Gasteiger partial charge on any atom is 0.234 e. The Kier molecular flexibility index (Phi) is 6.14. The SMILES string of the molecule is Cc1ccccc1OCc1nc(SCC(=O)Nc2ccc(Cl)cc2)n[nH]1. The normalized spacial score (nSPS) is 10.5. The molecule has 6 nitrogen and oxygen atoms in total. The topological polar surface area (TPSA) is 79.9 Å². The molecule has 0 bridgehead atoms. The molecule has 0 aliphatic heterocycles. The molecule has 2 N–H and O–H groups in total. The Morgan fingerprint density at radius 3 is 2.77 bits per heavy atom. The average Bonchev–Trinajstić information content (AvgIpc) is 3.09. The van der Waals surface area contributed by atoms with Crippen molar-refractivity contribution < 1.29 is 9.53 Å². The number of carbonyl (C=O) groups is 1. The lowest BCUT2D eigenvalue weighted by Crippen LogP contribution is -2.13. The maximum absolute atomic E-state index is 12.0. The molecule has 0 saturated heterocycles. The van der Waals surface area contributed by atoms with Crippen molar-refractivity contribution in [2.75, 3.05) is 11.1 Å². The summed E-state index contributed by atoms with van der Waals surface area (Å²) in [4.78, 5) is 16.3. The van der Waals surface area contributed by atoms with E-state index in [0.717, 1.165) is 11.3 Å². The highest BCUT2D eigenvalue weighted by atomic mass is 35.5. The lowest BCUT2D eigenvalue weighted by molar-refractivity contribution is -0.113. The molecule has 0 spiro atoms. The van der Waals surface area contributed by atoms with Crippen molar-refractivity contribution in [2.45, 2.75) is 18.7 Å². The van der Waals surface area contributed by atoms with Gasteiger partial charge >= 0.3 is 0 Å². The van der Waals surface area contributed by atoms with E-state index in [1.807, 2.05) is 31.2 Å². The number of anilines is 1. The zero-order valence-electron chi connectivity index (χ0n) is 14.0. The minimum absolute atomic E-state index is 0.139. The van der Waals surface area contributed by atoms with Gasteiger partial charge in [0.1, 0.15) is 12.4 Å². The Morgan fingerprint density at radius 2 is 2.00 bits per heavy atom. The number of benzene rings is 2. The fourth-order valence-electron chi connectivity index (χ4n) is 2.13. The summed E-state index contributed by atoms with van der Waals surface area (Å²) in [6.07, 6.45) is 0. The van der Waals surface area contributed by atoms with E-state index in [0.29, 0.717) is 21.7 Å². The van der Waals surface area contributed by atoms with Crippen molar-refractivity contribution >= 4 is 35.0 Å². The van der Waals surface area contributed by atoms with E-state index >= 15 is 0 Å². The third kappa shape index (κ3) is 5.24. The van der Waals surface area contributed by atoms with Crippen molar-refractivity contribution in [1.82, 2.24) is 15.2 Å². The summed E-state index contributed by atoms with van der Waals surface area (Å²) in [6, 6.07) is 14.7. The summed E-state index contributed by atoms with van der Waals surface area (Å²) >= 11 is 7.07. The van der Waals surface area contributed by atoms with Crippen LogP contribution >= 0.6 is 23.4 Å². The molecule has 0 aliphatic rings. The van der Waals surface area contributed by atoms with Crippen LogP contribution in [0.3, 0.4) is 0 Å². The molecule has 0 aliphatic carbocycles. The number of thioether (sulfide) groups is 1. The summed E-state index contributed by atoms with van der Waals surface area (Å²) in [5.41, 5.74) is 1.75. The van der Waals surface area contributed by atoms with Crippen molar-refractivity contribution in [3.8, 4) is 5.75 Å². The monoisotopic (exact) mass is 388 g/mol. The van der Waals surface area contributed by atoms with Crippen LogP contribution in [0.2, 0.25) is 5.02 Å². The number of aromatic amines is 1. The minimum Gasteiger partial charge on any atom is -0.485 e. The third-order valence-corrected chi connectivity index (χ3v) is 4.53. The lowest BCUT2D eigenvalue weighted by atomic mass is 10.2. The zero-order chi connectivity index (χ0) is 18.4. The number of H-pyrrole nitrogens is 1. The van der Waals surface area contributed by atoms with Gasteiger partial charge in [-0.15, -0.1) is 5.10 Å². The quantitative estimate of drug-likeness (QED) is 0.596. The van der Waals surface area contributed by atoms with Crippen molar-refractivity contribution in [2.24, 2.45) is 0 Å². The van der Waals surface area contributed by atoms with Crippen LogP contribution in [0.1, 0.15) is 11.4 Å². The second-order valence-corrected chi connectivity index (χ2v) is 6.84. The molecule has 26 heavy (non-hydrogen) atoms. The van der Waals surface area contributed by atoms with Gasteiger partial charge < -0.3 is 10.1 Å². The summed E-state index contributed by atoms with van der Waals surface area (Å²) in [5.74, 6) is 1.48. The number of halogens is 1. The molecule has 3 rings (SSSR count). The molecule has 0 fully saturated rings. The Labute approximate surface area is 160 Å². The standard InChI is InChI=1S/C18H17ClN4O2S/c1-12-4-2-3-5-15(12)25-10-16-21-18(23-22-16)26-11-17(24)20-14-8-6-13(19)7-9-14/h2-9H,10-11H2,1H3,(H,20,24)(H,21,22,23). The molecule has 0 saturated carbocycles. The molecule has 0 radical (unpaired) electrons. The van der Waals surface area contributed by atoms with Crippen LogP contribution in [0.25, 0.3) is 0 Å². The van der Waals surface area contributed by atoms with E-state index < -0.39 is 0 Å². The number of rotatable bonds is 7. The van der Waals surface area contributed by atoms with Crippen LogP contribution in [0, 0.1) is 6.92 Å². The molecule has 0 atom stereocenters. The first-order valence-electron chi connectivity index (χ1n) is 7.88. The van der Waals surface area contributed by atoms with Gasteiger partial charge in [0.2, 0.25) is 11.1 Å². The number of carbonyl (C=O) groups excluding carboxylic acids is 1. The first kappa shape index (κ1) is 18.3. The molecule has 1 aromatic heterocycles. The average molecular weight is 389 g/mol. The first-order chi connectivity index (χ1) is 12.6. The van der Waals surface area contributed by atoms with Gasteiger partial charge in [0.05, 0.1) is 5.75 Å². The number of nitrogens with one attached hydrogen (secondary N) is 2. The third-order valence-electron chi connectivity index (χ3n) is 3.43. The van der Waals surface area contributed by atoms with Gasteiger partial charge in [-0.25, -0.2) is 4.98 Å². The molecule has 8 heteroatoms. The van der Waals surface area contributed by atoms with Crippen LogP contribution < -0.4 is 10.1 Å². The fourth-order valence-corrected chi connectivity index (χ4v) is 2.88. The Bertz CT molecular complexity index is 883. The predicted molar refractivity (Wildman–Crippen MR) is 103 cm³/mol. The second-order valence-electron chi connectivity index (χ2n) is 5.46. The van der Waals surface area contributed by atoms with Gasteiger partial charge in [0.15, 0.2) is 5.82 Å². The summed E-state index contributed by atoms with van der Waals surface area (Å²) < 4.78 is 5.72. The number of aryl methyl sites for hydroxylation is 1. The Balaban J connectivity index is 1.46. The number of hydrogen-bond acceptors (Lipinski definition) is 5. The van der Waals surface area contributed by atoms with Gasteiger partial charge in [-0.1, -0.05) is 41.6 Å². The smallest absolute Gasteiger partial charge is 0.234 e. The van der Waals surface area contributed by atoms with Crippen molar-refractivity contribution in [3.05, 3.63) is 64.9 Å². The molecule has 3 aromatic rings. The fraction of sp³-hybridized carbons (Fsp3) is 0.167. The Morgan fingerprint density at radius 1 is 1.23 bits per heavy atom. The largest absolute Gasteiger partial charge is 0.485 e. The molecule has 2 aromatic carbocycles. The van der Waals surface area contributed by atoms with E-state index in [2.05, 4.69) is 20.5 Å².